The normalized spacial score (nSPS) is 10.3. The number of furan rings is 1. The number of anilines is 2. The van der Waals surface area contributed by atoms with Crippen LogP contribution in [0.4, 0.5) is 11.5 Å². The van der Waals surface area contributed by atoms with Gasteiger partial charge in [-0.3, -0.25) is 0 Å². The van der Waals surface area contributed by atoms with Crippen LogP contribution >= 0.6 is 0 Å². The average Bonchev–Trinajstić information content (AvgIpc) is 2.73. The molecule has 2 aromatic heterocycles. The number of hydrogen-bond donors (Lipinski definition) is 3. The van der Waals surface area contributed by atoms with Crippen molar-refractivity contribution < 1.29 is 14.3 Å². The van der Waals surface area contributed by atoms with Crippen molar-refractivity contribution in [3.8, 4) is 0 Å². The van der Waals surface area contributed by atoms with Gasteiger partial charge in [0.15, 0.2) is 0 Å². The second-order valence-electron chi connectivity index (χ2n) is 3.84. The second-order valence-corrected chi connectivity index (χ2v) is 3.84. The molecule has 0 unspecified atom stereocenters. The molecular formula is C12H13N3O3. The van der Waals surface area contributed by atoms with Gasteiger partial charge in [0.25, 0.3) is 0 Å². The van der Waals surface area contributed by atoms with E-state index in [4.69, 9.17) is 15.3 Å². The largest absolute Gasteiger partial charge is 0.478 e. The zero-order chi connectivity index (χ0) is 13.1. The Kier molecular flexibility index (Phi) is 3.18. The number of nitrogen functional groups attached to an aromatic ring is 1. The molecule has 0 amide bonds. The summed E-state index contributed by atoms with van der Waals surface area (Å²) < 4.78 is 5.37. The standard InChI is InChI=1S/C12H13N3O3/c1-7-2-3-9(18-7)6-15-11-10(12(16)17)4-8(13)5-14-11/h2-5H,6,13H2,1H3,(H,14,15)(H,16,17). The highest BCUT2D eigenvalue weighted by Gasteiger charge is 2.12. The second kappa shape index (κ2) is 4.79. The Morgan fingerprint density at radius 2 is 2.33 bits per heavy atom. The van der Waals surface area contributed by atoms with Crippen molar-refractivity contribution in [3.63, 3.8) is 0 Å². The molecule has 0 aliphatic heterocycles. The summed E-state index contributed by atoms with van der Waals surface area (Å²) >= 11 is 0. The number of carbonyl (C=O) groups is 1. The van der Waals surface area contributed by atoms with Crippen LogP contribution in [0.1, 0.15) is 21.9 Å². The first-order valence-electron chi connectivity index (χ1n) is 5.34. The fraction of sp³-hybridized carbons (Fsp3) is 0.167. The van der Waals surface area contributed by atoms with Gasteiger partial charge in [0.2, 0.25) is 0 Å². The molecule has 2 heterocycles. The molecule has 94 valence electrons. The van der Waals surface area contributed by atoms with Gasteiger partial charge >= 0.3 is 5.97 Å². The number of aryl methyl sites for hydroxylation is 1. The zero-order valence-corrected chi connectivity index (χ0v) is 9.80. The van der Waals surface area contributed by atoms with Gasteiger partial charge in [-0.05, 0) is 25.1 Å². The van der Waals surface area contributed by atoms with Crippen molar-refractivity contribution in [2.24, 2.45) is 0 Å². The topological polar surface area (TPSA) is 101 Å². The summed E-state index contributed by atoms with van der Waals surface area (Å²) in [6, 6.07) is 5.02. The van der Waals surface area contributed by atoms with E-state index >= 15 is 0 Å². The highest BCUT2D eigenvalue weighted by Crippen LogP contribution is 2.17. The minimum Gasteiger partial charge on any atom is -0.478 e. The van der Waals surface area contributed by atoms with E-state index in [0.717, 1.165) is 5.76 Å². The predicted octanol–water partition coefficient (Wildman–Crippen LogP) is 1.88. The van der Waals surface area contributed by atoms with E-state index in [-0.39, 0.29) is 11.4 Å². The minimum atomic E-state index is -1.08. The molecular weight excluding hydrogens is 234 g/mol. The Morgan fingerprint density at radius 3 is 2.94 bits per heavy atom. The smallest absolute Gasteiger partial charge is 0.339 e. The van der Waals surface area contributed by atoms with E-state index in [1.54, 1.807) is 0 Å². The van der Waals surface area contributed by atoms with E-state index in [9.17, 15) is 4.79 Å². The summed E-state index contributed by atoms with van der Waals surface area (Å²) in [4.78, 5) is 15.0. The molecule has 0 saturated carbocycles. The number of nitrogens with two attached hydrogens (primary N) is 1. The Labute approximate surface area is 103 Å². The lowest BCUT2D eigenvalue weighted by Gasteiger charge is -2.07. The molecule has 18 heavy (non-hydrogen) atoms. The molecule has 0 aromatic carbocycles. The Balaban J connectivity index is 2.16. The van der Waals surface area contributed by atoms with Crippen LogP contribution in [0, 0.1) is 6.92 Å². The maximum Gasteiger partial charge on any atom is 0.339 e. The molecule has 6 nitrogen and oxygen atoms in total. The summed E-state index contributed by atoms with van der Waals surface area (Å²) in [6.07, 6.45) is 1.40. The summed E-state index contributed by atoms with van der Waals surface area (Å²) in [5, 5.41) is 11.9. The molecule has 0 spiro atoms. The summed E-state index contributed by atoms with van der Waals surface area (Å²) in [7, 11) is 0. The van der Waals surface area contributed by atoms with Crippen LogP contribution in [-0.4, -0.2) is 16.1 Å². The number of hydrogen-bond acceptors (Lipinski definition) is 5. The Bertz CT molecular complexity index is 578. The van der Waals surface area contributed by atoms with Crippen LogP contribution in [0.2, 0.25) is 0 Å². The summed E-state index contributed by atoms with van der Waals surface area (Å²) in [5.74, 6) is 0.705. The van der Waals surface area contributed by atoms with Crippen molar-refractivity contribution in [2.45, 2.75) is 13.5 Å². The highest BCUT2D eigenvalue weighted by molar-refractivity contribution is 5.94. The maximum absolute atomic E-state index is 11.0. The number of carboxylic acid groups (broad SMARTS) is 1. The third-order valence-electron chi connectivity index (χ3n) is 2.37. The first-order chi connectivity index (χ1) is 8.56. The molecule has 0 saturated heterocycles. The SMILES string of the molecule is Cc1ccc(CNc2ncc(N)cc2C(=O)O)o1. The van der Waals surface area contributed by atoms with Crippen LogP contribution in [0.25, 0.3) is 0 Å². The fourth-order valence-electron chi connectivity index (χ4n) is 1.54. The van der Waals surface area contributed by atoms with Crippen LogP contribution in [0.5, 0.6) is 0 Å². The van der Waals surface area contributed by atoms with Crippen molar-refractivity contribution in [1.82, 2.24) is 4.98 Å². The zero-order valence-electron chi connectivity index (χ0n) is 9.80. The van der Waals surface area contributed by atoms with Gasteiger partial charge in [-0.1, -0.05) is 0 Å². The molecule has 2 aromatic rings. The lowest BCUT2D eigenvalue weighted by atomic mass is 10.2. The van der Waals surface area contributed by atoms with Crippen molar-refractivity contribution in [3.05, 3.63) is 41.5 Å². The van der Waals surface area contributed by atoms with Crippen molar-refractivity contribution >= 4 is 17.5 Å². The lowest BCUT2D eigenvalue weighted by molar-refractivity contribution is 0.0697. The number of rotatable bonds is 4. The fourth-order valence-corrected chi connectivity index (χ4v) is 1.54. The molecule has 6 heteroatoms. The van der Waals surface area contributed by atoms with Gasteiger partial charge in [-0.25, -0.2) is 9.78 Å². The number of aromatic nitrogens is 1. The van der Waals surface area contributed by atoms with Gasteiger partial charge in [0, 0.05) is 0 Å². The maximum atomic E-state index is 11.0. The molecule has 0 atom stereocenters. The number of carboxylic acids is 1. The third kappa shape index (κ3) is 2.60. The van der Waals surface area contributed by atoms with Crippen LogP contribution in [-0.2, 0) is 6.54 Å². The highest BCUT2D eigenvalue weighted by atomic mass is 16.4. The number of pyridine rings is 1. The van der Waals surface area contributed by atoms with Gasteiger partial charge in [-0.15, -0.1) is 0 Å². The molecule has 0 aliphatic rings. The van der Waals surface area contributed by atoms with E-state index < -0.39 is 5.97 Å². The predicted molar refractivity (Wildman–Crippen MR) is 66.4 cm³/mol. The molecule has 0 bridgehead atoms. The van der Waals surface area contributed by atoms with E-state index in [1.807, 2.05) is 19.1 Å². The van der Waals surface area contributed by atoms with Gasteiger partial charge in [0.05, 0.1) is 18.4 Å². The van der Waals surface area contributed by atoms with E-state index in [2.05, 4.69) is 10.3 Å². The molecule has 0 fully saturated rings. The van der Waals surface area contributed by atoms with Crippen LogP contribution in [0.3, 0.4) is 0 Å². The van der Waals surface area contributed by atoms with Gasteiger partial charge < -0.3 is 20.6 Å². The monoisotopic (exact) mass is 247 g/mol. The quantitative estimate of drug-likeness (QED) is 0.762. The summed E-state index contributed by atoms with van der Waals surface area (Å²) in [5.41, 5.74) is 5.86. The summed E-state index contributed by atoms with van der Waals surface area (Å²) in [6.45, 7) is 2.21. The number of nitrogens with zero attached hydrogens (tertiary/aromatic N) is 1. The molecule has 4 N–H and O–H groups in total. The van der Waals surface area contributed by atoms with E-state index in [1.165, 1.54) is 12.3 Å². The number of nitrogens with one attached hydrogen (secondary N) is 1. The van der Waals surface area contributed by atoms with Crippen molar-refractivity contribution in [1.29, 1.82) is 0 Å². The van der Waals surface area contributed by atoms with E-state index in [0.29, 0.717) is 18.0 Å². The first-order valence-corrected chi connectivity index (χ1v) is 5.34. The molecule has 2 rings (SSSR count). The minimum absolute atomic E-state index is 0.0401. The number of aromatic carboxylic acids is 1. The molecule has 0 aliphatic carbocycles. The lowest BCUT2D eigenvalue weighted by Crippen LogP contribution is -2.08. The third-order valence-corrected chi connectivity index (χ3v) is 2.37. The van der Waals surface area contributed by atoms with Gasteiger partial charge in [0.1, 0.15) is 22.9 Å². The first kappa shape index (κ1) is 12.0. The van der Waals surface area contributed by atoms with Gasteiger partial charge in [-0.2, -0.15) is 0 Å². The van der Waals surface area contributed by atoms with Crippen LogP contribution in [0.15, 0.2) is 28.8 Å². The molecule has 0 radical (unpaired) electrons. The average molecular weight is 247 g/mol. The Morgan fingerprint density at radius 1 is 1.56 bits per heavy atom. The van der Waals surface area contributed by atoms with Crippen molar-refractivity contribution in [2.75, 3.05) is 11.1 Å². The van der Waals surface area contributed by atoms with Crippen LogP contribution < -0.4 is 11.1 Å². The Hall–Kier alpha value is -2.50.